The first-order chi connectivity index (χ1) is 20.0. The number of hydrogen-bond acceptors (Lipinski definition) is 6. The highest BCUT2D eigenvalue weighted by atomic mass is 16.5. The number of fused-ring (bicyclic) bond motifs is 5. The van der Waals surface area contributed by atoms with Crippen LogP contribution in [0, 0.1) is 40.4 Å². The summed E-state index contributed by atoms with van der Waals surface area (Å²) in [5.74, 6) is 3.63. The zero-order chi connectivity index (χ0) is 30.1. The fraction of sp³-hybridized carbons (Fsp3) is 0.735. The van der Waals surface area contributed by atoms with E-state index in [9.17, 15) is 19.5 Å². The van der Waals surface area contributed by atoms with Crippen LogP contribution in [-0.4, -0.2) is 42.0 Å². The van der Waals surface area contributed by atoms with Gasteiger partial charge in [0.1, 0.15) is 17.3 Å². The molecule has 0 saturated heterocycles. The molecule has 2 amide bonds. The molecule has 1 aromatic rings. The third-order valence-corrected chi connectivity index (χ3v) is 11.8. The van der Waals surface area contributed by atoms with Crippen molar-refractivity contribution in [2.24, 2.45) is 51.9 Å². The van der Waals surface area contributed by atoms with Crippen LogP contribution in [-0.2, 0) is 20.8 Å². The van der Waals surface area contributed by atoms with Gasteiger partial charge in [0.25, 0.3) is 0 Å². The van der Waals surface area contributed by atoms with Gasteiger partial charge in [0, 0.05) is 18.9 Å². The zero-order valence-corrected chi connectivity index (χ0v) is 25.4. The quantitative estimate of drug-likeness (QED) is 0.326. The van der Waals surface area contributed by atoms with Crippen molar-refractivity contribution in [2.45, 2.75) is 103 Å². The van der Waals surface area contributed by atoms with E-state index in [0.29, 0.717) is 46.9 Å². The fourth-order valence-electron chi connectivity index (χ4n) is 9.54. The van der Waals surface area contributed by atoms with Crippen molar-refractivity contribution in [2.75, 3.05) is 13.2 Å². The van der Waals surface area contributed by atoms with E-state index in [4.69, 9.17) is 20.9 Å². The summed E-state index contributed by atoms with van der Waals surface area (Å²) in [6.07, 6.45) is 10.9. The van der Waals surface area contributed by atoms with Gasteiger partial charge in [-0.25, -0.2) is 0 Å². The molecule has 0 bridgehead atoms. The second-order valence-corrected chi connectivity index (χ2v) is 14.2. The van der Waals surface area contributed by atoms with Gasteiger partial charge in [0.05, 0.1) is 32.2 Å². The van der Waals surface area contributed by atoms with Gasteiger partial charge in [-0.05, 0) is 116 Å². The van der Waals surface area contributed by atoms with Crippen LogP contribution in [0.2, 0.25) is 0 Å². The number of aliphatic hydroxyl groups is 1. The maximum Gasteiger partial charge on any atom is 0.220 e. The van der Waals surface area contributed by atoms with Crippen molar-refractivity contribution in [3.63, 3.8) is 0 Å². The van der Waals surface area contributed by atoms with Crippen molar-refractivity contribution in [1.29, 1.82) is 0 Å². The highest BCUT2D eigenvalue weighted by Crippen LogP contribution is 2.67. The van der Waals surface area contributed by atoms with Gasteiger partial charge in [0.15, 0.2) is 0 Å². The van der Waals surface area contributed by atoms with Crippen LogP contribution in [0.25, 0.3) is 0 Å². The number of primary amides is 2. The summed E-state index contributed by atoms with van der Waals surface area (Å²) >= 11 is 0. The van der Waals surface area contributed by atoms with Crippen LogP contribution in [0.5, 0.6) is 11.5 Å². The largest absolute Gasteiger partial charge is 0.493 e. The number of aliphatic hydroxyl groups excluding tert-OH is 1. The average molecular weight is 583 g/mol. The van der Waals surface area contributed by atoms with Crippen molar-refractivity contribution in [3.8, 4) is 11.5 Å². The number of ether oxygens (including phenoxy) is 2. The molecule has 0 heterocycles. The van der Waals surface area contributed by atoms with Gasteiger partial charge < -0.3 is 26.0 Å². The normalized spacial score (nSPS) is 35.5. The molecule has 0 spiro atoms. The minimum atomic E-state index is -0.417. The number of carbonyl (C=O) groups is 3. The minimum absolute atomic E-state index is 0.0147. The van der Waals surface area contributed by atoms with E-state index in [1.54, 1.807) is 6.07 Å². The molecule has 4 aliphatic rings. The summed E-state index contributed by atoms with van der Waals surface area (Å²) in [7, 11) is 0. The first kappa shape index (κ1) is 30.8. The van der Waals surface area contributed by atoms with Crippen molar-refractivity contribution >= 4 is 17.6 Å². The van der Waals surface area contributed by atoms with Gasteiger partial charge in [-0.2, -0.15) is 0 Å². The van der Waals surface area contributed by atoms with Gasteiger partial charge in [0.2, 0.25) is 11.8 Å². The Morgan fingerprint density at radius 1 is 0.929 bits per heavy atom. The number of ketones is 1. The summed E-state index contributed by atoms with van der Waals surface area (Å²) in [6, 6.07) is 5.76. The lowest BCUT2D eigenvalue weighted by molar-refractivity contribution is -0.156. The molecule has 1 aromatic carbocycles. The van der Waals surface area contributed by atoms with Gasteiger partial charge in [-0.1, -0.05) is 13.8 Å². The lowest BCUT2D eigenvalue weighted by Gasteiger charge is -2.62. The highest BCUT2D eigenvalue weighted by molar-refractivity contribution is 5.79. The molecule has 42 heavy (non-hydrogen) atoms. The molecule has 4 saturated carbocycles. The molecule has 4 fully saturated rings. The van der Waals surface area contributed by atoms with Gasteiger partial charge in [-0.15, -0.1) is 0 Å². The Labute approximate surface area is 250 Å². The molecule has 0 aliphatic heterocycles. The average Bonchev–Trinajstić information content (AvgIpc) is 3.23. The van der Waals surface area contributed by atoms with E-state index < -0.39 is 11.8 Å². The Hall–Kier alpha value is -2.61. The number of benzene rings is 1. The van der Waals surface area contributed by atoms with E-state index in [-0.39, 0.29) is 43.0 Å². The van der Waals surface area contributed by atoms with Gasteiger partial charge in [-0.3, -0.25) is 14.4 Å². The molecular formula is C34H50N2O6. The second kappa shape index (κ2) is 12.6. The van der Waals surface area contributed by atoms with Crippen LogP contribution in [0.1, 0.15) is 96.5 Å². The predicted molar refractivity (Wildman–Crippen MR) is 160 cm³/mol. The number of rotatable bonds is 12. The first-order valence-electron chi connectivity index (χ1n) is 16.2. The lowest BCUT2D eigenvalue weighted by atomic mass is 9.42. The van der Waals surface area contributed by atoms with E-state index in [1.165, 1.54) is 6.42 Å². The molecule has 8 atom stereocenters. The Morgan fingerprint density at radius 3 is 2.21 bits per heavy atom. The topological polar surface area (TPSA) is 142 Å². The maximum atomic E-state index is 12.6. The number of hydrogen-bond donors (Lipinski definition) is 3. The Morgan fingerprint density at radius 2 is 1.57 bits per heavy atom. The van der Waals surface area contributed by atoms with Gasteiger partial charge >= 0.3 is 0 Å². The second-order valence-electron chi connectivity index (χ2n) is 14.2. The first-order valence-corrected chi connectivity index (χ1v) is 16.2. The molecule has 0 radical (unpaired) electrons. The fourth-order valence-corrected chi connectivity index (χ4v) is 9.54. The van der Waals surface area contributed by atoms with Crippen LogP contribution in [0.15, 0.2) is 18.2 Å². The Bertz CT molecular complexity index is 1130. The maximum absolute atomic E-state index is 12.6. The molecule has 5 N–H and O–H groups in total. The number of Topliss-reactive ketones (excluding diaryl/α,β-unsaturated/α-hetero) is 1. The highest BCUT2D eigenvalue weighted by Gasteiger charge is 2.62. The number of nitrogens with two attached hydrogens (primary N) is 2. The van der Waals surface area contributed by atoms with Crippen molar-refractivity contribution < 1.29 is 29.0 Å². The summed E-state index contributed by atoms with van der Waals surface area (Å²) < 4.78 is 11.6. The van der Waals surface area contributed by atoms with Crippen LogP contribution in [0.3, 0.4) is 0 Å². The number of carbonyl (C=O) groups excluding carboxylic acids is 3. The standard InChI is InChI=1S/C34H50N2O6/c1-33-12-8-24(37)19-23(33)18-22(32-27-6-7-29(38)34(27,2)13-9-28(32)33)5-3-4-21-16-25(41-14-10-30(35)39)20-26(17-21)42-15-11-31(36)40/h16-17,20,22-23,27-29,32,38H,3-15,18-19H2,1-2H3,(H2,35,39)(H2,36,40)/t22-,23?,27+,28+,29+,32+,33+,34+/m1/s1. The molecule has 232 valence electrons. The molecule has 8 heteroatoms. The molecule has 4 aliphatic carbocycles. The van der Waals surface area contributed by atoms with Crippen LogP contribution in [0.4, 0.5) is 0 Å². The minimum Gasteiger partial charge on any atom is -0.493 e. The summed E-state index contributed by atoms with van der Waals surface area (Å²) in [6.45, 7) is 5.20. The molecule has 1 unspecified atom stereocenters. The van der Waals surface area contributed by atoms with Crippen LogP contribution < -0.4 is 20.9 Å². The Balaban J connectivity index is 1.31. The third kappa shape index (κ3) is 6.34. The monoisotopic (exact) mass is 582 g/mol. The summed E-state index contributed by atoms with van der Waals surface area (Å²) in [5.41, 5.74) is 11.9. The lowest BCUT2D eigenvalue weighted by Crippen LogP contribution is -2.57. The zero-order valence-electron chi connectivity index (χ0n) is 25.4. The van der Waals surface area contributed by atoms with Crippen molar-refractivity contribution in [1.82, 2.24) is 0 Å². The summed E-state index contributed by atoms with van der Waals surface area (Å²) in [5, 5.41) is 11.0. The third-order valence-electron chi connectivity index (χ3n) is 11.8. The molecule has 8 nitrogen and oxygen atoms in total. The van der Waals surface area contributed by atoms with E-state index in [0.717, 1.165) is 69.8 Å². The van der Waals surface area contributed by atoms with E-state index in [1.807, 2.05) is 12.1 Å². The number of aryl methyl sites for hydroxylation is 1. The summed E-state index contributed by atoms with van der Waals surface area (Å²) in [4.78, 5) is 35.0. The van der Waals surface area contributed by atoms with E-state index in [2.05, 4.69) is 13.8 Å². The Kier molecular flexibility index (Phi) is 9.22. The number of amides is 2. The molecule has 5 rings (SSSR count). The molecule has 0 aromatic heterocycles. The SMILES string of the molecule is C[C@]12CC[C@H]3[C@@H]([C@H](CCCc4cc(OCCC(N)=O)cc(OCCC(N)=O)c4)CC4CC(=O)CC[C@@]43C)[C@@H]1CC[C@@H]2O. The van der Waals surface area contributed by atoms with Crippen molar-refractivity contribution in [3.05, 3.63) is 23.8 Å². The molecular weight excluding hydrogens is 532 g/mol. The predicted octanol–water partition coefficient (Wildman–Crippen LogP) is 4.72. The van der Waals surface area contributed by atoms with E-state index >= 15 is 0 Å². The smallest absolute Gasteiger partial charge is 0.220 e. The van der Waals surface area contributed by atoms with Crippen LogP contribution >= 0.6 is 0 Å².